The third kappa shape index (κ3) is 5.74. The summed E-state index contributed by atoms with van der Waals surface area (Å²) < 4.78 is 27.6. The molecule has 0 radical (unpaired) electrons. The number of nitro benzene ring substituents is 1. The van der Waals surface area contributed by atoms with Crippen molar-refractivity contribution in [2.24, 2.45) is 0 Å². The molecule has 0 aliphatic heterocycles. The standard InChI is InChI=1S/C21H18N4O6S/c26-20(16-9-11-18(12-10-16)25(28)29)23-24-21(27)17-7-4-8-19(13-17)32(30,31)22-14-15-5-2-1-3-6-15/h1-13,22H,14H2,(H,23,26)(H,24,27). The van der Waals surface area contributed by atoms with Crippen LogP contribution in [-0.2, 0) is 16.6 Å². The maximum atomic E-state index is 12.5. The lowest BCUT2D eigenvalue weighted by Crippen LogP contribution is -2.41. The lowest BCUT2D eigenvalue weighted by atomic mass is 10.2. The number of hydrogen-bond donors (Lipinski definition) is 3. The second kappa shape index (κ2) is 9.81. The summed E-state index contributed by atoms with van der Waals surface area (Å²) in [6, 6.07) is 19.1. The Bertz CT molecular complexity index is 1240. The number of rotatable bonds is 7. The van der Waals surface area contributed by atoms with Gasteiger partial charge in [0.05, 0.1) is 9.82 Å². The molecule has 3 aromatic carbocycles. The minimum absolute atomic E-state index is 0.0107. The summed E-state index contributed by atoms with van der Waals surface area (Å²) in [5.41, 5.74) is 5.07. The van der Waals surface area contributed by atoms with Gasteiger partial charge in [-0.15, -0.1) is 0 Å². The monoisotopic (exact) mass is 454 g/mol. The topological polar surface area (TPSA) is 148 Å². The zero-order valence-electron chi connectivity index (χ0n) is 16.5. The first kappa shape index (κ1) is 22.6. The Labute approximate surface area is 183 Å². The van der Waals surface area contributed by atoms with E-state index in [1.807, 2.05) is 6.07 Å². The Morgan fingerprint density at radius 1 is 0.812 bits per heavy atom. The normalized spacial score (nSPS) is 10.9. The summed E-state index contributed by atoms with van der Waals surface area (Å²) in [7, 11) is -3.87. The molecule has 11 heteroatoms. The molecule has 3 N–H and O–H groups in total. The summed E-state index contributed by atoms with van der Waals surface area (Å²) in [4.78, 5) is 34.4. The van der Waals surface area contributed by atoms with Crippen molar-refractivity contribution in [3.63, 3.8) is 0 Å². The molecule has 3 rings (SSSR count). The van der Waals surface area contributed by atoms with Crippen LogP contribution >= 0.6 is 0 Å². The molecule has 0 unspecified atom stereocenters. The molecular formula is C21H18N4O6S. The van der Waals surface area contributed by atoms with Crippen LogP contribution in [0.15, 0.2) is 83.8 Å². The molecule has 0 aliphatic rings. The van der Waals surface area contributed by atoms with Gasteiger partial charge in [0, 0.05) is 29.8 Å². The molecule has 0 aliphatic carbocycles. The number of amides is 2. The highest BCUT2D eigenvalue weighted by Crippen LogP contribution is 2.13. The largest absolute Gasteiger partial charge is 0.269 e. The molecule has 0 atom stereocenters. The van der Waals surface area contributed by atoms with Gasteiger partial charge >= 0.3 is 0 Å². The van der Waals surface area contributed by atoms with E-state index in [1.165, 1.54) is 36.4 Å². The molecule has 0 saturated heterocycles. The molecule has 32 heavy (non-hydrogen) atoms. The van der Waals surface area contributed by atoms with Crippen LogP contribution in [0.3, 0.4) is 0 Å². The van der Waals surface area contributed by atoms with Gasteiger partial charge in [-0.1, -0.05) is 36.4 Å². The van der Waals surface area contributed by atoms with Crippen LogP contribution < -0.4 is 15.6 Å². The van der Waals surface area contributed by atoms with Crippen LogP contribution in [0.25, 0.3) is 0 Å². The first-order valence-electron chi connectivity index (χ1n) is 9.25. The van der Waals surface area contributed by atoms with Gasteiger partial charge in [-0.05, 0) is 35.9 Å². The maximum absolute atomic E-state index is 12.5. The average Bonchev–Trinajstić information content (AvgIpc) is 2.82. The fraction of sp³-hybridized carbons (Fsp3) is 0.0476. The lowest BCUT2D eigenvalue weighted by Gasteiger charge is -2.10. The number of nitrogens with zero attached hydrogens (tertiary/aromatic N) is 1. The Morgan fingerprint density at radius 3 is 2.06 bits per heavy atom. The summed E-state index contributed by atoms with van der Waals surface area (Å²) in [5.74, 6) is -1.43. The molecule has 2 amide bonds. The summed E-state index contributed by atoms with van der Waals surface area (Å²) in [6.45, 7) is 0.0882. The minimum Gasteiger partial charge on any atom is -0.267 e. The molecule has 0 aromatic heterocycles. The number of benzene rings is 3. The highest BCUT2D eigenvalue weighted by Gasteiger charge is 2.17. The van der Waals surface area contributed by atoms with E-state index in [0.717, 1.165) is 17.7 Å². The van der Waals surface area contributed by atoms with Crippen molar-refractivity contribution in [3.8, 4) is 0 Å². The van der Waals surface area contributed by atoms with Crippen LogP contribution in [0.5, 0.6) is 0 Å². The predicted octanol–water partition coefficient (Wildman–Crippen LogP) is 2.15. The molecule has 3 aromatic rings. The molecule has 164 valence electrons. The zero-order chi connectivity index (χ0) is 23.1. The third-order valence-electron chi connectivity index (χ3n) is 4.35. The second-order valence-corrected chi connectivity index (χ2v) is 8.32. The van der Waals surface area contributed by atoms with E-state index < -0.39 is 26.8 Å². The molecule has 0 fully saturated rings. The molecule has 0 bridgehead atoms. The van der Waals surface area contributed by atoms with Crippen LogP contribution in [0.4, 0.5) is 5.69 Å². The summed E-state index contributed by atoms with van der Waals surface area (Å²) >= 11 is 0. The number of nitrogens with one attached hydrogen (secondary N) is 3. The van der Waals surface area contributed by atoms with E-state index in [-0.39, 0.29) is 28.3 Å². The van der Waals surface area contributed by atoms with Crippen LogP contribution in [-0.4, -0.2) is 25.2 Å². The van der Waals surface area contributed by atoms with E-state index in [4.69, 9.17) is 0 Å². The quantitative estimate of drug-likeness (QED) is 0.368. The predicted molar refractivity (Wildman–Crippen MR) is 115 cm³/mol. The summed E-state index contributed by atoms with van der Waals surface area (Å²) in [5, 5.41) is 10.7. The fourth-order valence-electron chi connectivity index (χ4n) is 2.65. The molecule has 0 saturated carbocycles. The Balaban J connectivity index is 1.63. The molecular weight excluding hydrogens is 436 g/mol. The van der Waals surface area contributed by atoms with Gasteiger partial charge in [-0.2, -0.15) is 0 Å². The Hall–Kier alpha value is -4.09. The lowest BCUT2D eigenvalue weighted by molar-refractivity contribution is -0.384. The van der Waals surface area contributed by atoms with Crippen molar-refractivity contribution >= 4 is 27.5 Å². The zero-order valence-corrected chi connectivity index (χ0v) is 17.3. The van der Waals surface area contributed by atoms with Gasteiger partial charge in [0.2, 0.25) is 10.0 Å². The molecule has 10 nitrogen and oxygen atoms in total. The number of hydrogen-bond acceptors (Lipinski definition) is 6. The molecule has 0 spiro atoms. The number of sulfonamides is 1. The first-order chi connectivity index (χ1) is 15.3. The minimum atomic E-state index is -3.87. The van der Waals surface area contributed by atoms with Crippen molar-refractivity contribution in [1.82, 2.24) is 15.6 Å². The Morgan fingerprint density at radius 2 is 1.44 bits per heavy atom. The highest BCUT2D eigenvalue weighted by atomic mass is 32.2. The van der Waals surface area contributed by atoms with Gasteiger partial charge < -0.3 is 0 Å². The number of nitro groups is 1. The number of carbonyl (C=O) groups is 2. The molecule has 0 heterocycles. The van der Waals surface area contributed by atoms with Gasteiger partial charge in [0.25, 0.3) is 17.5 Å². The van der Waals surface area contributed by atoms with E-state index in [9.17, 15) is 28.1 Å². The number of hydrazine groups is 1. The highest BCUT2D eigenvalue weighted by molar-refractivity contribution is 7.89. The van der Waals surface area contributed by atoms with E-state index in [0.29, 0.717) is 0 Å². The smallest absolute Gasteiger partial charge is 0.267 e. The average molecular weight is 454 g/mol. The van der Waals surface area contributed by atoms with Crippen LogP contribution in [0.2, 0.25) is 0 Å². The van der Waals surface area contributed by atoms with Gasteiger partial charge in [-0.3, -0.25) is 30.6 Å². The van der Waals surface area contributed by atoms with E-state index >= 15 is 0 Å². The SMILES string of the molecule is O=C(NNC(=O)c1cccc(S(=O)(=O)NCc2ccccc2)c1)c1ccc([N+](=O)[O-])cc1. The summed E-state index contributed by atoms with van der Waals surface area (Å²) in [6.07, 6.45) is 0. The Kier molecular flexibility index (Phi) is 6.93. The number of carbonyl (C=O) groups excluding carboxylic acids is 2. The van der Waals surface area contributed by atoms with Crippen molar-refractivity contribution in [2.75, 3.05) is 0 Å². The maximum Gasteiger partial charge on any atom is 0.269 e. The fourth-order valence-corrected chi connectivity index (χ4v) is 3.72. The second-order valence-electron chi connectivity index (χ2n) is 6.55. The van der Waals surface area contributed by atoms with Crippen molar-refractivity contribution in [3.05, 3.63) is 106 Å². The van der Waals surface area contributed by atoms with Crippen LogP contribution in [0.1, 0.15) is 26.3 Å². The van der Waals surface area contributed by atoms with E-state index in [1.54, 1.807) is 24.3 Å². The first-order valence-corrected chi connectivity index (χ1v) is 10.7. The van der Waals surface area contributed by atoms with Crippen molar-refractivity contribution in [2.45, 2.75) is 11.4 Å². The third-order valence-corrected chi connectivity index (χ3v) is 5.74. The van der Waals surface area contributed by atoms with Gasteiger partial charge in [0.15, 0.2) is 0 Å². The van der Waals surface area contributed by atoms with Crippen molar-refractivity contribution < 1.29 is 22.9 Å². The van der Waals surface area contributed by atoms with Crippen molar-refractivity contribution in [1.29, 1.82) is 0 Å². The van der Waals surface area contributed by atoms with Gasteiger partial charge in [-0.25, -0.2) is 13.1 Å². The van der Waals surface area contributed by atoms with Crippen LogP contribution in [0, 0.1) is 10.1 Å². The van der Waals surface area contributed by atoms with Gasteiger partial charge in [0.1, 0.15) is 0 Å². The van der Waals surface area contributed by atoms with E-state index in [2.05, 4.69) is 15.6 Å². The number of non-ortho nitro benzene ring substituents is 1.